The van der Waals surface area contributed by atoms with Gasteiger partial charge in [-0.15, -0.1) is 11.6 Å². The summed E-state index contributed by atoms with van der Waals surface area (Å²) in [6.45, 7) is 3.34. The van der Waals surface area contributed by atoms with Crippen molar-refractivity contribution in [1.29, 1.82) is 0 Å². The number of hydrogen-bond acceptors (Lipinski definition) is 2. The highest BCUT2D eigenvalue weighted by Gasteiger charge is 2.30. The first kappa shape index (κ1) is 9.81. The van der Waals surface area contributed by atoms with Gasteiger partial charge in [0.1, 0.15) is 0 Å². The summed E-state index contributed by atoms with van der Waals surface area (Å²) in [6, 6.07) is 0. The van der Waals surface area contributed by atoms with E-state index >= 15 is 0 Å². The number of carbonyl (C=O) groups excluding carboxylic acids is 1. The predicted octanol–water partition coefficient (Wildman–Crippen LogP) is 0.911. The van der Waals surface area contributed by atoms with Crippen LogP contribution in [0.15, 0.2) is 0 Å². The van der Waals surface area contributed by atoms with Crippen molar-refractivity contribution in [3.63, 3.8) is 0 Å². The van der Waals surface area contributed by atoms with E-state index in [1.807, 2.05) is 6.92 Å². The van der Waals surface area contributed by atoms with E-state index in [2.05, 4.69) is 5.32 Å². The van der Waals surface area contributed by atoms with E-state index in [1.54, 1.807) is 0 Å². The van der Waals surface area contributed by atoms with Gasteiger partial charge in [-0.05, 0) is 13.3 Å². The van der Waals surface area contributed by atoms with Crippen molar-refractivity contribution in [1.82, 2.24) is 5.32 Å². The molecule has 1 saturated heterocycles. The lowest BCUT2D eigenvalue weighted by atomic mass is 10.0. The molecule has 1 aliphatic rings. The fourth-order valence-corrected chi connectivity index (χ4v) is 1.42. The highest BCUT2D eigenvalue weighted by atomic mass is 35.5. The fraction of sp³-hybridized carbons (Fsp3) is 0.875. The predicted molar refractivity (Wildman–Crippen MR) is 47.3 cm³/mol. The largest absolute Gasteiger partial charge is 0.379 e. The molecule has 0 radical (unpaired) electrons. The number of alkyl halides is 1. The number of amides is 1. The Kier molecular flexibility index (Phi) is 3.35. The van der Waals surface area contributed by atoms with E-state index in [0.717, 1.165) is 13.0 Å². The van der Waals surface area contributed by atoms with Gasteiger partial charge in [-0.1, -0.05) is 0 Å². The van der Waals surface area contributed by atoms with Crippen LogP contribution in [0.5, 0.6) is 0 Å². The molecule has 0 bridgehead atoms. The van der Waals surface area contributed by atoms with E-state index in [0.29, 0.717) is 18.9 Å². The zero-order valence-corrected chi connectivity index (χ0v) is 7.99. The van der Waals surface area contributed by atoms with Crippen LogP contribution >= 0.6 is 11.6 Å². The quantitative estimate of drug-likeness (QED) is 0.674. The zero-order chi connectivity index (χ0) is 9.03. The lowest BCUT2D eigenvalue weighted by molar-refractivity contribution is -0.122. The molecule has 0 saturated carbocycles. The Labute approximate surface area is 77.4 Å². The van der Waals surface area contributed by atoms with Crippen LogP contribution in [0.25, 0.3) is 0 Å². The first-order chi connectivity index (χ1) is 5.66. The van der Waals surface area contributed by atoms with Crippen LogP contribution < -0.4 is 5.32 Å². The summed E-state index contributed by atoms with van der Waals surface area (Å²) in [5, 5.41) is 2.91. The molecule has 4 heteroatoms. The average Bonchev–Trinajstić information content (AvgIpc) is 2.36. The highest BCUT2D eigenvalue weighted by molar-refractivity contribution is 6.18. The summed E-state index contributed by atoms with van der Waals surface area (Å²) in [5.41, 5.74) is -0.164. The second-order valence-electron chi connectivity index (χ2n) is 3.35. The van der Waals surface area contributed by atoms with Gasteiger partial charge in [0.05, 0.1) is 12.1 Å². The number of hydrogen-bond donors (Lipinski definition) is 1. The van der Waals surface area contributed by atoms with Gasteiger partial charge in [-0.25, -0.2) is 0 Å². The van der Waals surface area contributed by atoms with E-state index in [9.17, 15) is 4.79 Å². The third-order valence-corrected chi connectivity index (χ3v) is 2.17. The molecule has 1 heterocycles. The van der Waals surface area contributed by atoms with Crippen LogP contribution in [-0.2, 0) is 9.53 Å². The molecule has 1 atom stereocenters. The van der Waals surface area contributed by atoms with Gasteiger partial charge in [-0.3, -0.25) is 4.79 Å². The summed E-state index contributed by atoms with van der Waals surface area (Å²) < 4.78 is 5.19. The monoisotopic (exact) mass is 191 g/mol. The van der Waals surface area contributed by atoms with Crippen molar-refractivity contribution in [3.8, 4) is 0 Å². The molecule has 0 aromatic heterocycles. The minimum Gasteiger partial charge on any atom is -0.379 e. The van der Waals surface area contributed by atoms with Crippen LogP contribution in [0.1, 0.15) is 19.8 Å². The lowest BCUT2D eigenvalue weighted by Crippen LogP contribution is -2.46. The zero-order valence-electron chi connectivity index (χ0n) is 7.23. The highest BCUT2D eigenvalue weighted by Crippen LogP contribution is 2.17. The second-order valence-corrected chi connectivity index (χ2v) is 3.73. The Morgan fingerprint density at radius 1 is 1.75 bits per heavy atom. The maximum Gasteiger partial charge on any atom is 0.221 e. The molecule has 1 aliphatic heterocycles. The molecule has 0 aromatic rings. The SMILES string of the molecule is CC1(NC(=O)CCCl)CCOC1. The van der Waals surface area contributed by atoms with Gasteiger partial charge in [0.25, 0.3) is 0 Å². The van der Waals surface area contributed by atoms with Gasteiger partial charge in [0.2, 0.25) is 5.91 Å². The van der Waals surface area contributed by atoms with Crippen molar-refractivity contribution >= 4 is 17.5 Å². The second kappa shape index (κ2) is 4.10. The standard InChI is InChI=1S/C8H14ClNO2/c1-8(3-5-12-6-8)10-7(11)2-4-9/h2-6H2,1H3,(H,10,11). The van der Waals surface area contributed by atoms with E-state index < -0.39 is 0 Å². The van der Waals surface area contributed by atoms with Crippen molar-refractivity contribution in [2.75, 3.05) is 19.1 Å². The number of rotatable bonds is 3. The third-order valence-electron chi connectivity index (χ3n) is 1.98. The van der Waals surface area contributed by atoms with Crippen molar-refractivity contribution in [2.45, 2.75) is 25.3 Å². The molecule has 0 aromatic carbocycles. The molecule has 1 amide bonds. The smallest absolute Gasteiger partial charge is 0.221 e. The Balaban J connectivity index is 2.33. The molecule has 12 heavy (non-hydrogen) atoms. The fourth-order valence-electron chi connectivity index (χ4n) is 1.25. The number of nitrogens with one attached hydrogen (secondary N) is 1. The lowest BCUT2D eigenvalue weighted by Gasteiger charge is -2.23. The third kappa shape index (κ3) is 2.64. The van der Waals surface area contributed by atoms with Gasteiger partial charge in [0.15, 0.2) is 0 Å². The van der Waals surface area contributed by atoms with Gasteiger partial charge >= 0.3 is 0 Å². The summed E-state index contributed by atoms with van der Waals surface area (Å²) in [5.74, 6) is 0.390. The molecule has 1 N–H and O–H groups in total. The van der Waals surface area contributed by atoms with Crippen molar-refractivity contribution < 1.29 is 9.53 Å². The van der Waals surface area contributed by atoms with Crippen molar-refractivity contribution in [2.24, 2.45) is 0 Å². The minimum atomic E-state index is -0.164. The molecule has 0 spiro atoms. The Morgan fingerprint density at radius 2 is 2.50 bits per heavy atom. The first-order valence-electron chi connectivity index (χ1n) is 4.11. The maximum atomic E-state index is 11.2. The number of carbonyl (C=O) groups is 1. The van der Waals surface area contributed by atoms with Crippen molar-refractivity contribution in [3.05, 3.63) is 0 Å². The normalized spacial score (nSPS) is 28.8. The molecule has 1 unspecified atom stereocenters. The Hall–Kier alpha value is -0.280. The van der Waals surface area contributed by atoms with E-state index in [4.69, 9.17) is 16.3 Å². The van der Waals surface area contributed by atoms with Crippen LogP contribution in [0, 0.1) is 0 Å². The van der Waals surface area contributed by atoms with Gasteiger partial charge < -0.3 is 10.1 Å². The molecule has 1 rings (SSSR count). The van der Waals surface area contributed by atoms with E-state index in [1.165, 1.54) is 0 Å². The Bertz CT molecular complexity index is 166. The number of halogens is 1. The van der Waals surface area contributed by atoms with Crippen LogP contribution in [0.2, 0.25) is 0 Å². The van der Waals surface area contributed by atoms with Gasteiger partial charge in [0, 0.05) is 18.9 Å². The van der Waals surface area contributed by atoms with E-state index in [-0.39, 0.29) is 11.4 Å². The van der Waals surface area contributed by atoms with Crippen LogP contribution in [-0.4, -0.2) is 30.5 Å². The topological polar surface area (TPSA) is 38.3 Å². The summed E-state index contributed by atoms with van der Waals surface area (Å²) in [7, 11) is 0. The number of ether oxygens (including phenoxy) is 1. The minimum absolute atomic E-state index is 0.0120. The maximum absolute atomic E-state index is 11.2. The van der Waals surface area contributed by atoms with Crippen LogP contribution in [0.4, 0.5) is 0 Å². The molecule has 0 aliphatic carbocycles. The summed E-state index contributed by atoms with van der Waals surface area (Å²) in [6.07, 6.45) is 1.28. The summed E-state index contributed by atoms with van der Waals surface area (Å²) >= 11 is 5.44. The molecule has 1 fully saturated rings. The van der Waals surface area contributed by atoms with Crippen LogP contribution in [0.3, 0.4) is 0 Å². The average molecular weight is 192 g/mol. The molecule has 70 valence electrons. The first-order valence-corrected chi connectivity index (χ1v) is 4.64. The summed E-state index contributed by atoms with van der Waals surface area (Å²) in [4.78, 5) is 11.2. The molecular weight excluding hydrogens is 178 g/mol. The van der Waals surface area contributed by atoms with Gasteiger partial charge in [-0.2, -0.15) is 0 Å². The molecular formula is C8H14ClNO2. The molecule has 3 nitrogen and oxygen atoms in total. The Morgan fingerprint density at radius 3 is 3.00 bits per heavy atom.